The summed E-state index contributed by atoms with van der Waals surface area (Å²) in [4.78, 5) is 4.18. The maximum atomic E-state index is 4.18. The van der Waals surface area contributed by atoms with Gasteiger partial charge in [-0.05, 0) is 37.3 Å². The average molecular weight is 208 g/mol. The number of hydrogen-bond acceptors (Lipinski definition) is 3. The van der Waals surface area contributed by atoms with E-state index in [1.54, 1.807) is 0 Å². The summed E-state index contributed by atoms with van der Waals surface area (Å²) in [5, 5.41) is 4.13. The van der Waals surface area contributed by atoms with Crippen LogP contribution >= 0.6 is 11.8 Å². The summed E-state index contributed by atoms with van der Waals surface area (Å²) in [6.45, 7) is 0. The minimum atomic E-state index is 0.469. The van der Waals surface area contributed by atoms with Crippen molar-refractivity contribution in [2.45, 2.75) is 24.1 Å². The fourth-order valence-corrected chi connectivity index (χ4v) is 3.45. The lowest BCUT2D eigenvalue weighted by atomic mass is 10.0. The van der Waals surface area contributed by atoms with Crippen LogP contribution in [-0.2, 0) is 0 Å². The summed E-state index contributed by atoms with van der Waals surface area (Å²) in [5.74, 6) is 1.31. The smallest absolute Gasteiger partial charge is 0.0453 e. The molecule has 0 amide bonds. The fraction of sp³-hybridized carbons (Fsp3) is 0.545. The molecule has 2 unspecified atom stereocenters. The van der Waals surface area contributed by atoms with E-state index in [4.69, 9.17) is 0 Å². The Bertz CT molecular complexity index is 270. The number of pyridine rings is 1. The van der Waals surface area contributed by atoms with Gasteiger partial charge in [-0.15, -0.1) is 0 Å². The quantitative estimate of drug-likeness (QED) is 0.824. The van der Waals surface area contributed by atoms with E-state index in [-0.39, 0.29) is 0 Å². The molecule has 1 aliphatic rings. The van der Waals surface area contributed by atoms with E-state index in [0.29, 0.717) is 6.04 Å². The molecule has 0 saturated carbocycles. The van der Waals surface area contributed by atoms with Gasteiger partial charge in [0.1, 0.15) is 0 Å². The molecule has 2 heterocycles. The highest BCUT2D eigenvalue weighted by Crippen LogP contribution is 2.35. The Morgan fingerprint density at radius 3 is 3.14 bits per heavy atom. The number of nitrogens with one attached hydrogen (secondary N) is 1. The van der Waals surface area contributed by atoms with Crippen molar-refractivity contribution in [3.05, 3.63) is 30.1 Å². The summed E-state index contributed by atoms with van der Waals surface area (Å²) >= 11 is 2.08. The molecule has 14 heavy (non-hydrogen) atoms. The molecule has 1 aliphatic heterocycles. The van der Waals surface area contributed by atoms with Crippen molar-refractivity contribution in [2.75, 3.05) is 12.8 Å². The molecule has 1 aromatic rings. The molecule has 2 nitrogen and oxygen atoms in total. The zero-order valence-electron chi connectivity index (χ0n) is 8.44. The second-order valence-electron chi connectivity index (χ2n) is 3.60. The van der Waals surface area contributed by atoms with E-state index in [1.807, 2.05) is 25.5 Å². The maximum Gasteiger partial charge on any atom is 0.0453 e. The standard InChI is InChI=1S/C11H16N2S/c1-12-11(10-5-3-7-14-10)9-4-2-6-13-8-9/h2,4,6,8,10-12H,3,5,7H2,1H3. The van der Waals surface area contributed by atoms with Gasteiger partial charge in [-0.3, -0.25) is 4.98 Å². The summed E-state index contributed by atoms with van der Waals surface area (Å²) in [6.07, 6.45) is 6.48. The molecule has 76 valence electrons. The van der Waals surface area contributed by atoms with Gasteiger partial charge in [-0.2, -0.15) is 11.8 Å². The Morgan fingerprint density at radius 2 is 2.57 bits per heavy atom. The molecule has 3 heteroatoms. The lowest BCUT2D eigenvalue weighted by Crippen LogP contribution is -2.25. The number of thioether (sulfide) groups is 1. The number of nitrogens with zero attached hydrogens (tertiary/aromatic N) is 1. The third-order valence-corrected chi connectivity index (χ3v) is 4.15. The second kappa shape index (κ2) is 4.80. The van der Waals surface area contributed by atoms with Gasteiger partial charge in [0.2, 0.25) is 0 Å². The van der Waals surface area contributed by atoms with E-state index in [9.17, 15) is 0 Å². The van der Waals surface area contributed by atoms with Crippen LogP contribution in [0.5, 0.6) is 0 Å². The lowest BCUT2D eigenvalue weighted by molar-refractivity contribution is 0.550. The first kappa shape index (κ1) is 9.99. The van der Waals surface area contributed by atoms with Gasteiger partial charge in [-0.25, -0.2) is 0 Å². The zero-order valence-corrected chi connectivity index (χ0v) is 9.26. The zero-order chi connectivity index (χ0) is 9.80. The summed E-state index contributed by atoms with van der Waals surface area (Å²) in [5.41, 5.74) is 1.31. The first-order valence-corrected chi connectivity index (χ1v) is 6.15. The molecule has 2 atom stereocenters. The summed E-state index contributed by atoms with van der Waals surface area (Å²) < 4.78 is 0. The molecular weight excluding hydrogens is 192 g/mol. The van der Waals surface area contributed by atoms with Gasteiger partial charge >= 0.3 is 0 Å². The first-order valence-electron chi connectivity index (χ1n) is 5.10. The van der Waals surface area contributed by atoms with Crippen LogP contribution in [0.4, 0.5) is 0 Å². The first-order chi connectivity index (χ1) is 6.92. The van der Waals surface area contributed by atoms with E-state index in [0.717, 1.165) is 5.25 Å². The number of hydrogen-bond donors (Lipinski definition) is 1. The Kier molecular flexibility index (Phi) is 3.43. The van der Waals surface area contributed by atoms with Crippen molar-refractivity contribution < 1.29 is 0 Å². The van der Waals surface area contributed by atoms with Crippen LogP contribution < -0.4 is 5.32 Å². The van der Waals surface area contributed by atoms with Gasteiger partial charge < -0.3 is 5.32 Å². The van der Waals surface area contributed by atoms with Crippen LogP contribution in [-0.4, -0.2) is 23.0 Å². The molecule has 0 aromatic carbocycles. The van der Waals surface area contributed by atoms with E-state index in [2.05, 4.69) is 28.1 Å². The van der Waals surface area contributed by atoms with Crippen LogP contribution in [0.25, 0.3) is 0 Å². The van der Waals surface area contributed by atoms with E-state index >= 15 is 0 Å². The number of rotatable bonds is 3. The maximum absolute atomic E-state index is 4.18. The highest BCUT2D eigenvalue weighted by Gasteiger charge is 2.25. The molecular formula is C11H16N2S. The highest BCUT2D eigenvalue weighted by molar-refractivity contribution is 8.00. The van der Waals surface area contributed by atoms with Crippen molar-refractivity contribution >= 4 is 11.8 Å². The molecule has 1 N–H and O–H groups in total. The Balaban J connectivity index is 2.12. The van der Waals surface area contributed by atoms with Gasteiger partial charge in [0.05, 0.1) is 0 Å². The monoisotopic (exact) mass is 208 g/mol. The van der Waals surface area contributed by atoms with Gasteiger partial charge in [0.25, 0.3) is 0 Å². The molecule has 0 radical (unpaired) electrons. The third-order valence-electron chi connectivity index (χ3n) is 2.69. The largest absolute Gasteiger partial charge is 0.312 e. The SMILES string of the molecule is CNC(c1cccnc1)C1CCCS1. The van der Waals surface area contributed by atoms with Crippen molar-refractivity contribution in [3.63, 3.8) is 0 Å². The normalized spacial score (nSPS) is 23.6. The molecule has 1 aromatic heterocycles. The predicted molar refractivity (Wildman–Crippen MR) is 61.5 cm³/mol. The topological polar surface area (TPSA) is 24.9 Å². The van der Waals surface area contributed by atoms with Gasteiger partial charge in [0.15, 0.2) is 0 Å². The van der Waals surface area contributed by atoms with Gasteiger partial charge in [-0.1, -0.05) is 6.07 Å². The molecule has 2 rings (SSSR count). The molecule has 0 spiro atoms. The van der Waals surface area contributed by atoms with E-state index < -0.39 is 0 Å². The average Bonchev–Trinajstić information content (AvgIpc) is 2.74. The van der Waals surface area contributed by atoms with Crippen LogP contribution in [0.2, 0.25) is 0 Å². The van der Waals surface area contributed by atoms with Gasteiger partial charge in [0, 0.05) is 23.7 Å². The van der Waals surface area contributed by atoms with Crippen molar-refractivity contribution in [2.24, 2.45) is 0 Å². The fourth-order valence-electron chi connectivity index (χ4n) is 1.99. The molecule has 1 fully saturated rings. The highest BCUT2D eigenvalue weighted by atomic mass is 32.2. The second-order valence-corrected chi connectivity index (χ2v) is 4.95. The van der Waals surface area contributed by atoms with Crippen LogP contribution in [0.15, 0.2) is 24.5 Å². The summed E-state index contributed by atoms with van der Waals surface area (Å²) in [6, 6.07) is 4.64. The minimum absolute atomic E-state index is 0.469. The van der Waals surface area contributed by atoms with E-state index in [1.165, 1.54) is 24.2 Å². The summed E-state index contributed by atoms with van der Waals surface area (Å²) in [7, 11) is 2.04. The molecule has 1 saturated heterocycles. The Morgan fingerprint density at radius 1 is 1.64 bits per heavy atom. The van der Waals surface area contributed by atoms with Crippen LogP contribution in [0.1, 0.15) is 24.4 Å². The Hall–Kier alpha value is -0.540. The minimum Gasteiger partial charge on any atom is -0.312 e. The van der Waals surface area contributed by atoms with Crippen LogP contribution in [0, 0.1) is 0 Å². The van der Waals surface area contributed by atoms with Crippen LogP contribution in [0.3, 0.4) is 0 Å². The molecule has 0 bridgehead atoms. The lowest BCUT2D eigenvalue weighted by Gasteiger charge is -2.22. The van der Waals surface area contributed by atoms with Crippen molar-refractivity contribution in [1.82, 2.24) is 10.3 Å². The molecule has 0 aliphatic carbocycles. The number of aromatic nitrogens is 1. The van der Waals surface area contributed by atoms with Crippen molar-refractivity contribution in [3.8, 4) is 0 Å². The third kappa shape index (κ3) is 2.10. The Labute approximate surface area is 89.5 Å². The van der Waals surface area contributed by atoms with Crippen molar-refractivity contribution in [1.29, 1.82) is 0 Å². The predicted octanol–water partition coefficient (Wildman–Crippen LogP) is 2.24.